The fourth-order valence-corrected chi connectivity index (χ4v) is 4.65. The highest BCUT2D eigenvalue weighted by Gasteiger charge is 2.31. The molecule has 0 saturated carbocycles. The third kappa shape index (κ3) is 2.84. The van der Waals surface area contributed by atoms with Crippen LogP contribution in [-0.4, -0.2) is 54.5 Å². The largest absolute Gasteiger partial charge is 0.366 e. The average molecular weight is 427 g/mol. The Kier molecular flexibility index (Phi) is 4.43. The number of nitrogens with zero attached hydrogens (tertiary/aromatic N) is 4. The van der Waals surface area contributed by atoms with Gasteiger partial charge in [-0.25, -0.2) is 4.39 Å². The molecule has 1 aromatic heterocycles. The van der Waals surface area contributed by atoms with E-state index in [1.165, 1.54) is 6.07 Å². The number of likely N-dealkylation sites (N-methyl/N-ethyl adjacent to an activating group) is 1. The van der Waals surface area contributed by atoms with Gasteiger partial charge in [-0.1, -0.05) is 29.8 Å². The van der Waals surface area contributed by atoms with E-state index in [-0.39, 0.29) is 24.2 Å². The van der Waals surface area contributed by atoms with Crippen LogP contribution in [0.15, 0.2) is 42.6 Å². The van der Waals surface area contributed by atoms with Gasteiger partial charge in [-0.15, -0.1) is 0 Å². The topological polar surface area (TPSA) is 48.8 Å². The van der Waals surface area contributed by atoms with E-state index >= 15 is 0 Å². The highest BCUT2D eigenvalue weighted by atomic mass is 35.5. The molecule has 2 aliphatic heterocycles. The molecule has 3 aromatic rings. The molecule has 6 nitrogen and oxygen atoms in total. The van der Waals surface area contributed by atoms with Gasteiger partial charge >= 0.3 is 0 Å². The van der Waals surface area contributed by atoms with Gasteiger partial charge in [0, 0.05) is 44.8 Å². The lowest BCUT2D eigenvalue weighted by Crippen LogP contribution is -2.49. The van der Waals surface area contributed by atoms with E-state index in [4.69, 9.17) is 11.6 Å². The van der Waals surface area contributed by atoms with Crippen LogP contribution in [0.1, 0.15) is 10.4 Å². The average Bonchev–Trinajstić information content (AvgIpc) is 3.11. The lowest BCUT2D eigenvalue weighted by molar-refractivity contribution is -0.119. The van der Waals surface area contributed by atoms with E-state index in [9.17, 15) is 14.0 Å². The molecule has 2 amide bonds. The SMILES string of the molecule is CN1C(=O)Cn2cc(C(=O)N3CCN(c4ccccc4F)CC3)c3ccc(Cl)c1c32. The van der Waals surface area contributed by atoms with Crippen molar-refractivity contribution in [1.29, 1.82) is 0 Å². The molecule has 1 fully saturated rings. The number of halogens is 2. The molecule has 0 unspecified atom stereocenters. The highest BCUT2D eigenvalue weighted by molar-refractivity contribution is 6.36. The van der Waals surface area contributed by atoms with Crippen molar-refractivity contribution >= 4 is 45.7 Å². The summed E-state index contributed by atoms with van der Waals surface area (Å²) in [6.07, 6.45) is 1.75. The van der Waals surface area contributed by atoms with Crippen LogP contribution in [0.25, 0.3) is 10.9 Å². The number of piperazine rings is 1. The summed E-state index contributed by atoms with van der Waals surface area (Å²) in [7, 11) is 1.70. The Labute approximate surface area is 178 Å². The molecule has 0 atom stereocenters. The van der Waals surface area contributed by atoms with Crippen LogP contribution in [0.2, 0.25) is 5.02 Å². The van der Waals surface area contributed by atoms with Gasteiger partial charge in [0.05, 0.1) is 27.5 Å². The Bertz CT molecular complexity index is 1180. The van der Waals surface area contributed by atoms with Crippen LogP contribution in [-0.2, 0) is 11.3 Å². The van der Waals surface area contributed by atoms with Gasteiger partial charge in [-0.2, -0.15) is 0 Å². The van der Waals surface area contributed by atoms with Crippen molar-refractivity contribution in [3.05, 3.63) is 59.0 Å². The Morgan fingerprint density at radius 2 is 1.80 bits per heavy atom. The van der Waals surface area contributed by atoms with Crippen LogP contribution >= 0.6 is 11.6 Å². The van der Waals surface area contributed by atoms with Crippen LogP contribution in [0, 0.1) is 5.82 Å². The van der Waals surface area contributed by atoms with Crippen molar-refractivity contribution in [2.24, 2.45) is 0 Å². The zero-order valence-corrected chi connectivity index (χ0v) is 17.2. The Morgan fingerprint density at radius 1 is 1.07 bits per heavy atom. The standard InChI is InChI=1S/C22H20ClFN4O2/c1-25-19(29)13-28-12-15(14-6-7-16(23)21(25)20(14)28)22(30)27-10-8-26(9-11-27)18-5-3-2-4-17(18)24/h2-7,12H,8-11,13H2,1H3. The predicted molar refractivity (Wildman–Crippen MR) is 115 cm³/mol. The molecule has 0 bridgehead atoms. The molecule has 2 aliphatic rings. The van der Waals surface area contributed by atoms with Gasteiger partial charge in [0.15, 0.2) is 0 Å². The summed E-state index contributed by atoms with van der Waals surface area (Å²) in [5.41, 5.74) is 2.56. The number of aromatic nitrogens is 1. The first-order valence-electron chi connectivity index (χ1n) is 9.82. The van der Waals surface area contributed by atoms with E-state index in [0.29, 0.717) is 48.1 Å². The first kappa shape index (κ1) is 18.9. The molecule has 30 heavy (non-hydrogen) atoms. The molecular weight excluding hydrogens is 407 g/mol. The van der Waals surface area contributed by atoms with Gasteiger partial charge in [0.25, 0.3) is 5.91 Å². The zero-order valence-electron chi connectivity index (χ0n) is 16.4. The molecular formula is C22H20ClFN4O2. The second kappa shape index (κ2) is 7.02. The van der Waals surface area contributed by atoms with Crippen LogP contribution in [0.3, 0.4) is 0 Å². The first-order valence-corrected chi connectivity index (χ1v) is 10.2. The van der Waals surface area contributed by atoms with Gasteiger partial charge in [-0.05, 0) is 18.2 Å². The van der Waals surface area contributed by atoms with Crippen molar-refractivity contribution in [3.63, 3.8) is 0 Å². The van der Waals surface area contributed by atoms with Crippen molar-refractivity contribution in [2.75, 3.05) is 43.0 Å². The summed E-state index contributed by atoms with van der Waals surface area (Å²) in [5.74, 6) is -0.417. The lowest BCUT2D eigenvalue weighted by Gasteiger charge is -2.36. The summed E-state index contributed by atoms with van der Waals surface area (Å²) in [6, 6.07) is 10.3. The molecule has 5 rings (SSSR count). The predicted octanol–water partition coefficient (Wildman–Crippen LogP) is 3.37. The second-order valence-electron chi connectivity index (χ2n) is 7.65. The van der Waals surface area contributed by atoms with Crippen molar-refractivity contribution in [3.8, 4) is 0 Å². The number of amides is 2. The van der Waals surface area contributed by atoms with E-state index < -0.39 is 0 Å². The van der Waals surface area contributed by atoms with Gasteiger partial charge in [0.1, 0.15) is 12.4 Å². The van der Waals surface area contributed by atoms with Crippen LogP contribution in [0.5, 0.6) is 0 Å². The zero-order chi connectivity index (χ0) is 21.0. The molecule has 1 saturated heterocycles. The number of carbonyl (C=O) groups excluding carboxylic acids is 2. The number of hydrogen-bond donors (Lipinski definition) is 0. The van der Waals surface area contributed by atoms with E-state index in [1.807, 2.05) is 21.6 Å². The quantitative estimate of drug-likeness (QED) is 0.631. The molecule has 0 spiro atoms. The minimum Gasteiger partial charge on any atom is -0.366 e. The maximum Gasteiger partial charge on any atom is 0.256 e. The molecule has 0 N–H and O–H groups in total. The number of para-hydroxylation sites is 1. The lowest BCUT2D eigenvalue weighted by atomic mass is 10.1. The molecule has 0 radical (unpaired) electrons. The molecule has 8 heteroatoms. The number of anilines is 2. The van der Waals surface area contributed by atoms with Crippen LogP contribution in [0.4, 0.5) is 15.8 Å². The Morgan fingerprint density at radius 3 is 2.53 bits per heavy atom. The van der Waals surface area contributed by atoms with E-state index in [0.717, 1.165) is 10.9 Å². The smallest absolute Gasteiger partial charge is 0.256 e. The monoisotopic (exact) mass is 426 g/mol. The maximum absolute atomic E-state index is 14.1. The number of rotatable bonds is 2. The number of benzene rings is 2. The third-order valence-electron chi connectivity index (χ3n) is 5.97. The fraction of sp³-hybridized carbons (Fsp3) is 0.273. The third-order valence-corrected chi connectivity index (χ3v) is 6.27. The second-order valence-corrected chi connectivity index (χ2v) is 8.05. The number of carbonyl (C=O) groups is 2. The summed E-state index contributed by atoms with van der Waals surface area (Å²) in [6.45, 7) is 2.29. The van der Waals surface area contributed by atoms with E-state index in [2.05, 4.69) is 0 Å². The van der Waals surface area contributed by atoms with Crippen molar-refractivity contribution < 1.29 is 14.0 Å². The Balaban J connectivity index is 1.43. The van der Waals surface area contributed by atoms with Gasteiger partial charge in [0.2, 0.25) is 5.91 Å². The minimum atomic E-state index is -0.253. The summed E-state index contributed by atoms with van der Waals surface area (Å²) in [5, 5.41) is 1.27. The number of hydrogen-bond acceptors (Lipinski definition) is 3. The highest BCUT2D eigenvalue weighted by Crippen LogP contribution is 2.39. The van der Waals surface area contributed by atoms with Crippen molar-refractivity contribution in [2.45, 2.75) is 6.54 Å². The molecule has 2 aromatic carbocycles. The van der Waals surface area contributed by atoms with E-state index in [1.54, 1.807) is 41.2 Å². The summed E-state index contributed by atoms with van der Waals surface area (Å²) < 4.78 is 15.9. The van der Waals surface area contributed by atoms with Gasteiger partial charge in [-0.3, -0.25) is 9.59 Å². The first-order chi connectivity index (χ1) is 14.5. The maximum atomic E-state index is 14.1. The molecule has 3 heterocycles. The Hall–Kier alpha value is -3.06. The minimum absolute atomic E-state index is 0.0787. The summed E-state index contributed by atoms with van der Waals surface area (Å²) >= 11 is 6.36. The van der Waals surface area contributed by atoms with Crippen LogP contribution < -0.4 is 9.80 Å². The van der Waals surface area contributed by atoms with Crippen molar-refractivity contribution in [1.82, 2.24) is 9.47 Å². The molecule has 154 valence electrons. The van der Waals surface area contributed by atoms with Gasteiger partial charge < -0.3 is 19.3 Å². The fourth-order valence-electron chi connectivity index (χ4n) is 4.37. The molecule has 0 aliphatic carbocycles. The normalized spacial score (nSPS) is 16.5. The summed E-state index contributed by atoms with van der Waals surface area (Å²) in [4.78, 5) is 31.0.